The van der Waals surface area contributed by atoms with Crippen LogP contribution in [0.3, 0.4) is 0 Å². The summed E-state index contributed by atoms with van der Waals surface area (Å²) in [5, 5.41) is 7.83. The van der Waals surface area contributed by atoms with Gasteiger partial charge in [0.15, 0.2) is 0 Å². The van der Waals surface area contributed by atoms with E-state index in [-0.39, 0.29) is 0 Å². The van der Waals surface area contributed by atoms with Crippen LogP contribution < -0.4 is 0 Å². The summed E-state index contributed by atoms with van der Waals surface area (Å²) < 4.78 is 10.2. The Morgan fingerprint density at radius 1 is 0.278 bits per heavy atom. The molecule has 0 radical (unpaired) electrons. The van der Waals surface area contributed by atoms with Gasteiger partial charge in [-0.05, 0) is 89.0 Å². The molecule has 0 unspecified atom stereocenters. The van der Waals surface area contributed by atoms with Crippen LogP contribution in [0.25, 0.3) is 107 Å². The Hall–Kier alpha value is -6.46. The van der Waals surface area contributed by atoms with Gasteiger partial charge in [-0.25, -0.2) is 0 Å². The molecule has 0 N–H and O–H groups in total. The molecule has 0 aliphatic carbocycles. The summed E-state index contributed by atoms with van der Waals surface area (Å²) in [6, 6.07) is 66.9. The summed E-state index contributed by atoms with van der Waals surface area (Å²) in [5.41, 5.74) is 12.3. The maximum Gasteiger partial charge on any atom is 0.0542 e. The van der Waals surface area contributed by atoms with Gasteiger partial charge >= 0.3 is 0 Å². The molecule has 0 saturated heterocycles. The number of nitrogens with zero attached hydrogens (tertiary/aromatic N) is 2. The molecule has 0 bridgehead atoms. The zero-order valence-electron chi connectivity index (χ0n) is 29.0. The Bertz CT molecular complexity index is 3320. The number of hydrogen-bond acceptors (Lipinski definition) is 2. The van der Waals surface area contributed by atoms with E-state index in [9.17, 15) is 0 Å². The first-order chi connectivity index (χ1) is 26.8. The zero-order valence-corrected chi connectivity index (χ0v) is 30.7. The minimum atomic E-state index is 1.18. The molecule has 0 fully saturated rings. The molecule has 54 heavy (non-hydrogen) atoms. The number of rotatable bonds is 4. The standard InChI is InChI=1S/C50H30N2S2/c1-5-13-43-37(9-1)38-10-2-6-14-44(38)51(43)35-23-17-31(18-24-35)33-22-28-47-42(29-33)50-49(53-47)41-27-21-34(30-48(41)54-50)32-19-25-36(26-20-32)52-45-15-7-3-11-39(45)40-12-4-8-16-46(40)52/h1-30H. The lowest BCUT2D eigenvalue weighted by molar-refractivity contribution is 1.18. The number of hydrogen-bond donors (Lipinski definition) is 0. The quantitative estimate of drug-likeness (QED) is 0.171. The van der Waals surface area contributed by atoms with Gasteiger partial charge in [-0.3, -0.25) is 0 Å². The second-order valence-electron chi connectivity index (χ2n) is 14.1. The highest BCUT2D eigenvalue weighted by atomic mass is 32.1. The number of para-hydroxylation sites is 4. The second-order valence-corrected chi connectivity index (χ2v) is 16.2. The number of thiophene rings is 2. The fraction of sp³-hybridized carbons (Fsp3) is 0. The number of benzene rings is 8. The third-order valence-corrected chi connectivity index (χ3v) is 13.7. The molecule has 12 rings (SSSR count). The summed E-state index contributed by atoms with van der Waals surface area (Å²) in [5.74, 6) is 0. The Kier molecular flexibility index (Phi) is 6.41. The van der Waals surface area contributed by atoms with Gasteiger partial charge in [-0.15, -0.1) is 22.7 Å². The minimum absolute atomic E-state index is 1.18. The van der Waals surface area contributed by atoms with Gasteiger partial charge in [0, 0.05) is 53.1 Å². The molecule has 0 amide bonds. The smallest absolute Gasteiger partial charge is 0.0542 e. The van der Waals surface area contributed by atoms with E-state index in [0.717, 1.165) is 0 Å². The summed E-state index contributed by atoms with van der Waals surface area (Å²) in [4.78, 5) is 0. The van der Waals surface area contributed by atoms with Crippen LogP contribution in [0.5, 0.6) is 0 Å². The van der Waals surface area contributed by atoms with E-state index in [2.05, 4.69) is 191 Å². The first-order valence-corrected chi connectivity index (χ1v) is 20.0. The minimum Gasteiger partial charge on any atom is -0.309 e. The first kappa shape index (κ1) is 30.0. The van der Waals surface area contributed by atoms with Gasteiger partial charge < -0.3 is 9.13 Å². The fourth-order valence-electron chi connectivity index (χ4n) is 8.62. The van der Waals surface area contributed by atoms with Crippen LogP contribution in [-0.4, -0.2) is 9.13 Å². The van der Waals surface area contributed by atoms with Crippen molar-refractivity contribution >= 4 is 95.9 Å². The molecular weight excluding hydrogens is 693 g/mol. The maximum absolute atomic E-state index is 2.40. The molecule has 0 atom stereocenters. The van der Waals surface area contributed by atoms with Crippen molar-refractivity contribution in [3.05, 3.63) is 182 Å². The van der Waals surface area contributed by atoms with Crippen LogP contribution >= 0.6 is 22.7 Å². The molecule has 2 nitrogen and oxygen atoms in total. The van der Waals surface area contributed by atoms with E-state index >= 15 is 0 Å². The summed E-state index contributed by atoms with van der Waals surface area (Å²) in [6.07, 6.45) is 0. The van der Waals surface area contributed by atoms with Gasteiger partial charge in [-0.1, -0.05) is 115 Å². The van der Waals surface area contributed by atoms with Crippen molar-refractivity contribution in [3.8, 4) is 33.6 Å². The zero-order chi connectivity index (χ0) is 35.3. The SMILES string of the molecule is c1ccc2c(c1)c1ccccc1n2-c1ccc(-c2ccc3c(c2)sc2c4cc(-c5ccc(-n6c7ccccc7c7ccccc76)cc5)ccc4sc32)cc1. The largest absolute Gasteiger partial charge is 0.309 e. The van der Waals surface area contributed by atoms with Crippen molar-refractivity contribution in [2.75, 3.05) is 0 Å². The van der Waals surface area contributed by atoms with E-state index in [1.807, 2.05) is 22.7 Å². The van der Waals surface area contributed by atoms with Crippen molar-refractivity contribution < 1.29 is 0 Å². The average Bonchev–Trinajstić information content (AvgIpc) is 3.97. The van der Waals surface area contributed by atoms with E-state index < -0.39 is 0 Å². The molecule has 252 valence electrons. The Labute approximate surface area is 319 Å². The lowest BCUT2D eigenvalue weighted by Gasteiger charge is -2.09. The van der Waals surface area contributed by atoms with Crippen LogP contribution in [0.2, 0.25) is 0 Å². The topological polar surface area (TPSA) is 9.86 Å². The molecular formula is C50H30N2S2. The van der Waals surface area contributed by atoms with Gasteiger partial charge in [0.05, 0.1) is 31.5 Å². The predicted octanol–water partition coefficient (Wildman–Crippen LogP) is 14.8. The van der Waals surface area contributed by atoms with Gasteiger partial charge in [0.25, 0.3) is 0 Å². The maximum atomic E-state index is 2.40. The van der Waals surface area contributed by atoms with Gasteiger partial charge in [-0.2, -0.15) is 0 Å². The molecule has 0 spiro atoms. The molecule has 0 saturated carbocycles. The van der Waals surface area contributed by atoms with Crippen LogP contribution in [0.15, 0.2) is 182 Å². The third kappa shape index (κ3) is 4.38. The van der Waals surface area contributed by atoms with E-state index in [1.54, 1.807) is 0 Å². The van der Waals surface area contributed by atoms with E-state index in [1.165, 1.54) is 107 Å². The summed E-state index contributed by atoms with van der Waals surface area (Å²) >= 11 is 3.83. The fourth-order valence-corrected chi connectivity index (χ4v) is 11.3. The second kappa shape index (κ2) is 11.5. The van der Waals surface area contributed by atoms with Crippen LogP contribution in [0.1, 0.15) is 0 Å². The average molecular weight is 723 g/mol. The molecule has 0 aliphatic heterocycles. The molecule has 12 aromatic rings. The highest BCUT2D eigenvalue weighted by Crippen LogP contribution is 2.46. The van der Waals surface area contributed by atoms with Gasteiger partial charge in [0.1, 0.15) is 0 Å². The lowest BCUT2D eigenvalue weighted by atomic mass is 10.0. The lowest BCUT2D eigenvalue weighted by Crippen LogP contribution is -1.93. The monoisotopic (exact) mass is 722 g/mol. The molecule has 4 heteroatoms. The first-order valence-electron chi connectivity index (χ1n) is 18.3. The van der Waals surface area contributed by atoms with Crippen LogP contribution in [-0.2, 0) is 0 Å². The normalized spacial score (nSPS) is 12.1. The summed E-state index contributed by atoms with van der Waals surface area (Å²) in [6.45, 7) is 0. The molecule has 0 aliphatic rings. The van der Waals surface area contributed by atoms with E-state index in [0.29, 0.717) is 0 Å². The predicted molar refractivity (Wildman–Crippen MR) is 234 cm³/mol. The van der Waals surface area contributed by atoms with Crippen molar-refractivity contribution in [1.29, 1.82) is 0 Å². The highest BCUT2D eigenvalue weighted by Gasteiger charge is 2.16. The van der Waals surface area contributed by atoms with Crippen molar-refractivity contribution in [3.63, 3.8) is 0 Å². The third-order valence-electron chi connectivity index (χ3n) is 11.2. The molecule has 8 aromatic carbocycles. The van der Waals surface area contributed by atoms with Crippen molar-refractivity contribution in [1.82, 2.24) is 9.13 Å². The van der Waals surface area contributed by atoms with Crippen LogP contribution in [0.4, 0.5) is 0 Å². The van der Waals surface area contributed by atoms with E-state index in [4.69, 9.17) is 0 Å². The van der Waals surface area contributed by atoms with Gasteiger partial charge in [0.2, 0.25) is 0 Å². The number of aromatic nitrogens is 2. The summed E-state index contributed by atoms with van der Waals surface area (Å²) in [7, 11) is 0. The molecule has 4 aromatic heterocycles. The highest BCUT2D eigenvalue weighted by molar-refractivity contribution is 7.36. The van der Waals surface area contributed by atoms with Crippen molar-refractivity contribution in [2.45, 2.75) is 0 Å². The van der Waals surface area contributed by atoms with Crippen LogP contribution in [0, 0.1) is 0 Å². The Morgan fingerprint density at radius 3 is 1.17 bits per heavy atom. The Morgan fingerprint density at radius 2 is 0.667 bits per heavy atom. The van der Waals surface area contributed by atoms with Crippen molar-refractivity contribution in [2.24, 2.45) is 0 Å². The molecule has 4 heterocycles. The Balaban J connectivity index is 0.895. The number of fused-ring (bicyclic) bond motifs is 11.